The molecule has 0 saturated carbocycles. The third-order valence-corrected chi connectivity index (χ3v) is 7.76. The average molecular weight is 539 g/mol. The number of carboxylic acid groups (broad SMARTS) is 1. The van der Waals surface area contributed by atoms with Crippen LogP contribution in [0.4, 0.5) is 5.13 Å². The number of hydrogen-bond acceptors (Lipinski definition) is 9. The van der Waals surface area contributed by atoms with E-state index in [2.05, 4.69) is 21.4 Å². The number of fused-ring (bicyclic) bond motifs is 2. The van der Waals surface area contributed by atoms with Crippen molar-refractivity contribution in [3.05, 3.63) is 59.1 Å². The molecule has 5 rings (SSSR count). The minimum Gasteiger partial charge on any atom is -0.477 e. The first-order valence-electron chi connectivity index (χ1n) is 10.9. The van der Waals surface area contributed by atoms with Crippen LogP contribution in [0.5, 0.6) is 0 Å². The molecule has 37 heavy (non-hydrogen) atoms. The fourth-order valence-electron chi connectivity index (χ4n) is 4.13. The summed E-state index contributed by atoms with van der Waals surface area (Å²) in [5.74, 6) is 0.153. The molecule has 2 aliphatic heterocycles. The number of thiazole rings is 1. The number of rotatable bonds is 8. The van der Waals surface area contributed by atoms with Crippen molar-refractivity contribution in [3.63, 3.8) is 0 Å². The number of pyridine rings is 1. The highest BCUT2D eigenvalue weighted by molar-refractivity contribution is 8.00. The van der Waals surface area contributed by atoms with Crippen LogP contribution in [-0.4, -0.2) is 66.7 Å². The van der Waals surface area contributed by atoms with Crippen LogP contribution in [0.1, 0.15) is 5.69 Å². The second-order valence-corrected chi connectivity index (χ2v) is 9.99. The molecule has 2 aliphatic rings. The van der Waals surface area contributed by atoms with Crippen LogP contribution in [0.25, 0.3) is 5.65 Å². The van der Waals surface area contributed by atoms with Crippen LogP contribution in [0.2, 0.25) is 0 Å². The third-order valence-electron chi connectivity index (χ3n) is 5.75. The van der Waals surface area contributed by atoms with Gasteiger partial charge in [-0.2, -0.15) is 0 Å². The Morgan fingerprint density at radius 3 is 2.97 bits per heavy atom. The molecule has 0 aromatic carbocycles. The van der Waals surface area contributed by atoms with Crippen LogP contribution in [0.3, 0.4) is 0 Å². The Hall–Kier alpha value is -4.35. The number of oxime groups is 1. The number of nitrogen functional groups attached to an aromatic ring is 1. The van der Waals surface area contributed by atoms with E-state index in [9.17, 15) is 19.5 Å². The topological polar surface area (TPSA) is 156 Å². The monoisotopic (exact) mass is 538 g/mol. The molecule has 0 aliphatic carbocycles. The number of anilines is 1. The molecule has 0 spiro atoms. The molecule has 0 unspecified atom stereocenters. The van der Waals surface area contributed by atoms with Gasteiger partial charge in [0, 0.05) is 22.8 Å². The molecule has 4 N–H and O–H groups in total. The lowest BCUT2D eigenvalue weighted by Gasteiger charge is -2.49. The molecule has 0 bridgehead atoms. The Kier molecular flexibility index (Phi) is 6.55. The van der Waals surface area contributed by atoms with Gasteiger partial charge in [0.15, 0.2) is 17.5 Å². The van der Waals surface area contributed by atoms with E-state index in [0.29, 0.717) is 17.9 Å². The van der Waals surface area contributed by atoms with Crippen LogP contribution < -0.4 is 15.6 Å². The Balaban J connectivity index is 1.36. The van der Waals surface area contributed by atoms with E-state index in [0.717, 1.165) is 17.0 Å². The summed E-state index contributed by atoms with van der Waals surface area (Å²) in [5, 5.41) is 17.5. The van der Waals surface area contributed by atoms with E-state index >= 15 is 0 Å². The number of aromatic nitrogens is 3. The summed E-state index contributed by atoms with van der Waals surface area (Å²) in [6.45, 7) is 0.132. The highest BCUT2D eigenvalue weighted by Gasteiger charge is 2.54. The lowest BCUT2D eigenvalue weighted by Crippen LogP contribution is -2.71. The number of terminal acetylenes is 1. The number of hydrogen-bond donors (Lipinski definition) is 3. The zero-order valence-electron chi connectivity index (χ0n) is 19.1. The number of carbonyl (C=O) groups excluding carboxylic acids is 2. The largest absolute Gasteiger partial charge is 0.477 e. The Labute approximate surface area is 218 Å². The van der Waals surface area contributed by atoms with Gasteiger partial charge in [-0.15, -0.1) is 29.5 Å². The first-order chi connectivity index (χ1) is 17.9. The van der Waals surface area contributed by atoms with Crippen molar-refractivity contribution >= 4 is 57.4 Å². The number of nitrogens with two attached hydrogens (primary N) is 1. The smallest absolute Gasteiger partial charge is 0.352 e. The maximum absolute atomic E-state index is 13.1. The number of imidazole rings is 1. The number of nitrogens with one attached hydrogen (secondary N) is 1. The maximum Gasteiger partial charge on any atom is 0.352 e. The molecule has 3 aromatic heterocycles. The van der Waals surface area contributed by atoms with Gasteiger partial charge in [-0.3, -0.25) is 14.5 Å². The van der Waals surface area contributed by atoms with Crippen molar-refractivity contribution in [3.8, 4) is 12.3 Å². The standard InChI is InChI=1S/C23H19N7O5S2/c1-2-9-35-27-16(14-12-37-23(24)25-14)19(31)26-17-20(32)30-18(22(33)34)13(11-36-21(17)30)10-29-8-7-28-6-4-3-5-15(28)29/h1,3-8,12,17,21H,9-11H2,(H3-,24,25,26,31,33,34)/p+1/b27-16-/t17-,21+/m1/s1. The summed E-state index contributed by atoms with van der Waals surface area (Å²) in [4.78, 5) is 48.6. The van der Waals surface area contributed by atoms with Crippen molar-refractivity contribution in [2.75, 3.05) is 18.1 Å². The fraction of sp³-hybridized carbons (Fsp3) is 0.217. The Morgan fingerprint density at radius 2 is 2.24 bits per heavy atom. The number of thioether (sulfide) groups is 1. The van der Waals surface area contributed by atoms with Crippen molar-refractivity contribution in [1.82, 2.24) is 19.6 Å². The molecule has 188 valence electrons. The van der Waals surface area contributed by atoms with Gasteiger partial charge in [0.05, 0.1) is 6.20 Å². The summed E-state index contributed by atoms with van der Waals surface area (Å²) in [5.41, 5.74) is 7.06. The summed E-state index contributed by atoms with van der Waals surface area (Å²) in [6.07, 6.45) is 10.8. The van der Waals surface area contributed by atoms with Crippen molar-refractivity contribution in [2.24, 2.45) is 5.16 Å². The molecule has 14 heteroatoms. The second kappa shape index (κ2) is 9.96. The van der Waals surface area contributed by atoms with Gasteiger partial charge in [0.25, 0.3) is 17.5 Å². The van der Waals surface area contributed by atoms with Crippen molar-refractivity contribution in [1.29, 1.82) is 0 Å². The van der Waals surface area contributed by atoms with E-state index in [1.807, 2.05) is 45.8 Å². The molecule has 1 fully saturated rings. The van der Waals surface area contributed by atoms with Crippen LogP contribution in [0.15, 0.2) is 58.6 Å². The number of β-lactam (4-membered cyclic amide) rings is 1. The fourth-order valence-corrected chi connectivity index (χ4v) is 6.02. The minimum absolute atomic E-state index is 0.0689. The molecule has 2 atom stereocenters. The molecule has 3 aromatic rings. The molecule has 5 heterocycles. The molecule has 12 nitrogen and oxygen atoms in total. The zero-order valence-corrected chi connectivity index (χ0v) is 20.7. The lowest BCUT2D eigenvalue weighted by atomic mass is 10.0. The molecule has 2 amide bonds. The van der Waals surface area contributed by atoms with E-state index in [1.54, 1.807) is 0 Å². The van der Waals surface area contributed by atoms with Crippen LogP contribution >= 0.6 is 23.1 Å². The van der Waals surface area contributed by atoms with Gasteiger partial charge < -0.3 is 21.0 Å². The summed E-state index contributed by atoms with van der Waals surface area (Å²) >= 11 is 2.48. The SMILES string of the molecule is C#CCO/N=C(\C(=O)N[C@@H]1C(=O)N2C(C(=O)O)=C(C[n+]3ccn4ccccc43)CS[C@@H]12)c1csc(N)n1. The highest BCUT2D eigenvalue weighted by Crippen LogP contribution is 2.40. The van der Waals surface area contributed by atoms with E-state index in [-0.39, 0.29) is 28.8 Å². The van der Waals surface area contributed by atoms with Gasteiger partial charge >= 0.3 is 5.97 Å². The van der Waals surface area contributed by atoms with E-state index in [4.69, 9.17) is 17.0 Å². The number of aliphatic carboxylic acids is 1. The van der Waals surface area contributed by atoms with Crippen molar-refractivity contribution < 1.29 is 28.9 Å². The average Bonchev–Trinajstić information content (AvgIpc) is 3.50. The van der Waals surface area contributed by atoms with Gasteiger partial charge in [0.1, 0.15) is 41.7 Å². The van der Waals surface area contributed by atoms with E-state index in [1.165, 1.54) is 22.0 Å². The summed E-state index contributed by atoms with van der Waals surface area (Å²) < 4.78 is 3.84. The molecule has 0 radical (unpaired) electrons. The Bertz CT molecular complexity index is 1520. The first-order valence-corrected chi connectivity index (χ1v) is 12.8. The van der Waals surface area contributed by atoms with Gasteiger partial charge in [-0.1, -0.05) is 17.1 Å². The Morgan fingerprint density at radius 1 is 1.41 bits per heavy atom. The molecule has 1 saturated heterocycles. The number of carboxylic acids is 1. The minimum atomic E-state index is -1.20. The van der Waals surface area contributed by atoms with Gasteiger partial charge in [-0.05, 0) is 6.07 Å². The second-order valence-electron chi connectivity index (χ2n) is 8.00. The predicted molar refractivity (Wildman–Crippen MR) is 135 cm³/mol. The third kappa shape index (κ3) is 4.50. The van der Waals surface area contributed by atoms with Gasteiger partial charge in [0.2, 0.25) is 0 Å². The van der Waals surface area contributed by atoms with Crippen LogP contribution in [0, 0.1) is 12.3 Å². The first kappa shape index (κ1) is 24.3. The maximum atomic E-state index is 13.1. The highest BCUT2D eigenvalue weighted by atomic mass is 32.2. The number of amides is 2. The predicted octanol–water partition coefficient (Wildman–Crippen LogP) is 0.0582. The zero-order chi connectivity index (χ0) is 26.1. The van der Waals surface area contributed by atoms with Crippen molar-refractivity contribution in [2.45, 2.75) is 18.0 Å². The van der Waals surface area contributed by atoms with Gasteiger partial charge in [-0.25, -0.2) is 18.7 Å². The number of carbonyl (C=O) groups is 3. The quantitative estimate of drug-likeness (QED) is 0.0908. The van der Waals surface area contributed by atoms with E-state index < -0.39 is 29.2 Å². The van der Waals surface area contributed by atoms with Crippen LogP contribution in [-0.2, 0) is 25.8 Å². The molecular weight excluding hydrogens is 518 g/mol. The number of nitrogens with zero attached hydrogens (tertiary/aromatic N) is 5. The lowest BCUT2D eigenvalue weighted by molar-refractivity contribution is -0.662. The molecular formula is C23H20N7O5S2+. The summed E-state index contributed by atoms with van der Waals surface area (Å²) in [7, 11) is 0. The summed E-state index contributed by atoms with van der Waals surface area (Å²) in [6, 6.07) is 4.76. The normalized spacial score (nSPS) is 19.3.